The monoisotopic (exact) mass is 398 g/mol. The molecule has 8 heteroatoms. The van der Waals surface area contributed by atoms with Crippen LogP contribution < -0.4 is 5.32 Å². The largest absolute Gasteiger partial charge is 0.355 e. The lowest BCUT2D eigenvalue weighted by molar-refractivity contribution is -0.134. The third-order valence-corrected chi connectivity index (χ3v) is 4.91. The summed E-state index contributed by atoms with van der Waals surface area (Å²) in [4.78, 5) is 29.8. The maximum Gasteiger partial charge on any atom is 0.236 e. The lowest BCUT2D eigenvalue weighted by Crippen LogP contribution is -2.51. The third-order valence-electron chi connectivity index (χ3n) is 4.56. The summed E-state index contributed by atoms with van der Waals surface area (Å²) in [6, 6.07) is 4.69. The van der Waals surface area contributed by atoms with E-state index in [1.807, 2.05) is 6.92 Å². The van der Waals surface area contributed by atoms with Gasteiger partial charge in [0.05, 0.1) is 13.1 Å². The highest BCUT2D eigenvalue weighted by Gasteiger charge is 2.23. The average molecular weight is 399 g/mol. The molecule has 0 unspecified atom stereocenters. The van der Waals surface area contributed by atoms with Crippen LogP contribution in [-0.4, -0.2) is 79.4 Å². The van der Waals surface area contributed by atoms with Crippen LogP contribution in [-0.2, 0) is 16.1 Å². The summed E-state index contributed by atoms with van der Waals surface area (Å²) in [5.74, 6) is -0.368. The van der Waals surface area contributed by atoms with E-state index in [1.54, 1.807) is 29.0 Å². The van der Waals surface area contributed by atoms with Gasteiger partial charge in [-0.2, -0.15) is 0 Å². The smallest absolute Gasteiger partial charge is 0.236 e. The molecule has 0 spiro atoms. The van der Waals surface area contributed by atoms with Crippen LogP contribution in [0.5, 0.6) is 0 Å². The Labute approximate surface area is 165 Å². The predicted molar refractivity (Wildman–Crippen MR) is 104 cm³/mol. The molecule has 0 aliphatic carbocycles. The molecular weight excluding hydrogens is 371 g/mol. The second-order valence-corrected chi connectivity index (χ2v) is 7.29. The lowest BCUT2D eigenvalue weighted by Gasteiger charge is -2.35. The van der Waals surface area contributed by atoms with Gasteiger partial charge in [0.25, 0.3) is 0 Å². The average Bonchev–Trinajstić information content (AvgIpc) is 2.63. The molecule has 27 heavy (non-hydrogen) atoms. The molecule has 1 fully saturated rings. The fourth-order valence-corrected chi connectivity index (χ4v) is 3.24. The first-order valence-corrected chi connectivity index (χ1v) is 9.66. The molecule has 2 amide bonds. The lowest BCUT2D eigenvalue weighted by atomic mass is 10.2. The minimum absolute atomic E-state index is 0.00404. The van der Waals surface area contributed by atoms with Gasteiger partial charge in [-0.25, -0.2) is 4.39 Å². The fraction of sp³-hybridized carbons (Fsp3) is 0.579. The number of benzene rings is 1. The second-order valence-electron chi connectivity index (χ2n) is 6.88. The van der Waals surface area contributed by atoms with Crippen molar-refractivity contribution in [3.05, 3.63) is 34.6 Å². The van der Waals surface area contributed by atoms with Crippen molar-refractivity contribution < 1.29 is 14.0 Å². The van der Waals surface area contributed by atoms with E-state index < -0.39 is 0 Å². The fourth-order valence-electron chi connectivity index (χ4n) is 3.01. The first-order chi connectivity index (χ1) is 12.9. The van der Waals surface area contributed by atoms with Crippen molar-refractivity contribution in [1.29, 1.82) is 0 Å². The van der Waals surface area contributed by atoms with Gasteiger partial charge in [-0.15, -0.1) is 0 Å². The van der Waals surface area contributed by atoms with Crippen LogP contribution in [0.2, 0.25) is 5.02 Å². The molecule has 1 aromatic rings. The SMILES string of the molecule is CCCNC(=O)CN(C)CC(=O)N1CCN(Cc2c(F)cccc2Cl)CC1. The van der Waals surface area contributed by atoms with Gasteiger partial charge in [0.1, 0.15) is 5.82 Å². The number of hydrogen-bond donors (Lipinski definition) is 1. The van der Waals surface area contributed by atoms with Gasteiger partial charge in [0.2, 0.25) is 11.8 Å². The van der Waals surface area contributed by atoms with E-state index in [0.717, 1.165) is 6.42 Å². The van der Waals surface area contributed by atoms with E-state index in [9.17, 15) is 14.0 Å². The van der Waals surface area contributed by atoms with Gasteiger partial charge < -0.3 is 10.2 Å². The van der Waals surface area contributed by atoms with Gasteiger partial charge >= 0.3 is 0 Å². The van der Waals surface area contributed by atoms with Crippen LogP contribution in [0.4, 0.5) is 4.39 Å². The predicted octanol–water partition coefficient (Wildman–Crippen LogP) is 1.58. The van der Waals surface area contributed by atoms with Gasteiger partial charge in [-0.1, -0.05) is 24.6 Å². The summed E-state index contributed by atoms with van der Waals surface area (Å²) in [6.07, 6.45) is 0.886. The van der Waals surface area contributed by atoms with E-state index in [1.165, 1.54) is 6.07 Å². The molecule has 0 bridgehead atoms. The van der Waals surface area contributed by atoms with Crippen molar-refractivity contribution in [3.8, 4) is 0 Å². The van der Waals surface area contributed by atoms with Crippen LogP contribution in [0, 0.1) is 5.82 Å². The number of halogens is 2. The van der Waals surface area contributed by atoms with Crippen molar-refractivity contribution in [3.63, 3.8) is 0 Å². The Morgan fingerprint density at radius 3 is 2.56 bits per heavy atom. The van der Waals surface area contributed by atoms with E-state index in [4.69, 9.17) is 11.6 Å². The Morgan fingerprint density at radius 1 is 1.22 bits per heavy atom. The van der Waals surface area contributed by atoms with Crippen LogP contribution in [0.1, 0.15) is 18.9 Å². The first-order valence-electron chi connectivity index (χ1n) is 9.29. The highest BCUT2D eigenvalue weighted by Crippen LogP contribution is 2.21. The summed E-state index contributed by atoms with van der Waals surface area (Å²) < 4.78 is 13.9. The van der Waals surface area contributed by atoms with Gasteiger partial charge in [-0.3, -0.25) is 19.4 Å². The molecule has 6 nitrogen and oxygen atoms in total. The molecule has 1 saturated heterocycles. The zero-order valence-corrected chi connectivity index (χ0v) is 16.8. The molecule has 0 atom stereocenters. The van der Waals surface area contributed by atoms with Crippen LogP contribution in [0.3, 0.4) is 0 Å². The van der Waals surface area contributed by atoms with Crippen molar-refractivity contribution in [1.82, 2.24) is 20.0 Å². The minimum Gasteiger partial charge on any atom is -0.355 e. The number of hydrogen-bond acceptors (Lipinski definition) is 4. The summed E-state index contributed by atoms with van der Waals surface area (Å²) in [5.41, 5.74) is 0.497. The Morgan fingerprint density at radius 2 is 1.93 bits per heavy atom. The van der Waals surface area contributed by atoms with Crippen LogP contribution in [0.15, 0.2) is 18.2 Å². The van der Waals surface area contributed by atoms with E-state index >= 15 is 0 Å². The highest BCUT2D eigenvalue weighted by molar-refractivity contribution is 6.31. The topological polar surface area (TPSA) is 55.9 Å². The summed E-state index contributed by atoms with van der Waals surface area (Å²) in [5, 5.41) is 3.23. The number of piperazine rings is 1. The number of carbonyl (C=O) groups excluding carboxylic acids is 2. The molecule has 1 aromatic carbocycles. The van der Waals surface area contributed by atoms with Gasteiger partial charge in [0.15, 0.2) is 0 Å². The number of likely N-dealkylation sites (N-methyl/N-ethyl adjacent to an activating group) is 1. The quantitative estimate of drug-likeness (QED) is 0.722. The molecule has 0 aromatic heterocycles. The van der Waals surface area contributed by atoms with E-state index in [0.29, 0.717) is 49.9 Å². The molecule has 150 valence electrons. The van der Waals surface area contributed by atoms with Crippen LogP contribution >= 0.6 is 11.6 Å². The normalized spacial score (nSPS) is 15.2. The number of amides is 2. The molecule has 1 aliphatic heterocycles. The molecule has 2 rings (SSSR count). The van der Waals surface area contributed by atoms with E-state index in [-0.39, 0.29) is 30.7 Å². The number of nitrogens with one attached hydrogen (secondary N) is 1. The zero-order valence-electron chi connectivity index (χ0n) is 16.0. The zero-order chi connectivity index (χ0) is 19.8. The molecule has 1 heterocycles. The maximum atomic E-state index is 13.9. The maximum absolute atomic E-state index is 13.9. The molecule has 1 N–H and O–H groups in total. The molecule has 1 aliphatic rings. The van der Waals surface area contributed by atoms with Crippen LogP contribution in [0.25, 0.3) is 0 Å². The summed E-state index contributed by atoms with van der Waals surface area (Å²) in [6.45, 7) is 5.98. The Kier molecular flexibility index (Phi) is 8.47. The van der Waals surface area contributed by atoms with E-state index in [2.05, 4.69) is 10.2 Å². The number of rotatable bonds is 8. The summed E-state index contributed by atoms with van der Waals surface area (Å²) in [7, 11) is 1.76. The molecule has 0 radical (unpaired) electrons. The van der Waals surface area contributed by atoms with Crippen molar-refractivity contribution in [2.45, 2.75) is 19.9 Å². The Balaban J connectivity index is 1.76. The Bertz CT molecular complexity index is 630. The van der Waals surface area contributed by atoms with Gasteiger partial charge in [0, 0.05) is 49.9 Å². The molecule has 0 saturated carbocycles. The standard InChI is InChI=1S/C19H28ClFN4O2/c1-3-7-22-18(26)13-23(2)14-19(27)25-10-8-24(9-11-25)12-15-16(20)5-4-6-17(15)21/h4-6H,3,7-14H2,1-2H3,(H,22,26). The van der Waals surface area contributed by atoms with Crippen molar-refractivity contribution in [2.75, 3.05) is 52.9 Å². The highest BCUT2D eigenvalue weighted by atomic mass is 35.5. The Hall–Kier alpha value is -1.70. The first kappa shape index (κ1) is 21.6. The number of nitrogens with zero attached hydrogens (tertiary/aromatic N) is 3. The third kappa shape index (κ3) is 6.75. The second kappa shape index (κ2) is 10.6. The molecular formula is C19H28ClFN4O2. The minimum atomic E-state index is -0.302. The van der Waals surface area contributed by atoms with Crippen molar-refractivity contribution >= 4 is 23.4 Å². The summed E-state index contributed by atoms with van der Waals surface area (Å²) >= 11 is 6.09. The van der Waals surface area contributed by atoms with Gasteiger partial charge in [-0.05, 0) is 25.6 Å². The van der Waals surface area contributed by atoms with Crippen molar-refractivity contribution in [2.24, 2.45) is 0 Å². The number of carbonyl (C=O) groups is 2.